The van der Waals surface area contributed by atoms with Gasteiger partial charge in [-0.05, 0) is 50.6 Å². The molecule has 0 aliphatic carbocycles. The lowest BCUT2D eigenvalue weighted by Gasteiger charge is -2.14. The van der Waals surface area contributed by atoms with Crippen LogP contribution in [-0.4, -0.2) is 21.3 Å². The van der Waals surface area contributed by atoms with Gasteiger partial charge in [-0.15, -0.1) is 23.7 Å². The summed E-state index contributed by atoms with van der Waals surface area (Å²) >= 11 is 5.15. The smallest absolute Gasteiger partial charge is 0.203 e. The van der Waals surface area contributed by atoms with Gasteiger partial charge in [-0.25, -0.2) is 0 Å². The average Bonchev–Trinajstić information content (AvgIpc) is 2.91. The number of thiophene rings is 1. The zero-order valence-electron chi connectivity index (χ0n) is 12.6. The van der Waals surface area contributed by atoms with Gasteiger partial charge in [0, 0.05) is 13.1 Å². The summed E-state index contributed by atoms with van der Waals surface area (Å²) in [5, 5.41) is 5.54. The number of benzene rings is 1. The Morgan fingerprint density at radius 3 is 2.00 bits per heavy atom. The SMILES string of the molecule is COc1cc(CNCc2csc(Br)c2)cc(OC)c1OC.Cl. The average molecular weight is 409 g/mol. The van der Waals surface area contributed by atoms with Crippen LogP contribution in [0.25, 0.3) is 0 Å². The number of halogens is 2. The number of methoxy groups -OCH3 is 3. The highest BCUT2D eigenvalue weighted by Crippen LogP contribution is 2.38. The predicted octanol–water partition coefficient (Wildman–Crippen LogP) is 4.25. The fourth-order valence-corrected chi connectivity index (χ4v) is 3.24. The quantitative estimate of drug-likeness (QED) is 0.743. The summed E-state index contributed by atoms with van der Waals surface area (Å²) in [6.45, 7) is 1.54. The molecule has 22 heavy (non-hydrogen) atoms. The third-order valence-electron chi connectivity index (χ3n) is 3.00. The van der Waals surface area contributed by atoms with E-state index in [9.17, 15) is 0 Å². The molecule has 0 atom stereocenters. The molecule has 0 saturated heterocycles. The molecule has 1 aromatic carbocycles. The van der Waals surface area contributed by atoms with Gasteiger partial charge in [0.05, 0.1) is 25.1 Å². The van der Waals surface area contributed by atoms with Crippen molar-refractivity contribution in [3.8, 4) is 17.2 Å². The second-order valence-electron chi connectivity index (χ2n) is 4.40. The first-order valence-electron chi connectivity index (χ1n) is 6.40. The Labute approximate surface area is 149 Å². The lowest BCUT2D eigenvalue weighted by atomic mass is 10.1. The van der Waals surface area contributed by atoms with Gasteiger partial charge in [-0.2, -0.15) is 0 Å². The zero-order valence-corrected chi connectivity index (χ0v) is 15.9. The molecule has 0 bridgehead atoms. The second kappa shape index (κ2) is 9.25. The van der Waals surface area contributed by atoms with Crippen molar-refractivity contribution in [3.63, 3.8) is 0 Å². The summed E-state index contributed by atoms with van der Waals surface area (Å²) in [5.41, 5.74) is 2.35. The number of hydrogen-bond donors (Lipinski definition) is 1. The normalized spacial score (nSPS) is 10.0. The summed E-state index contributed by atoms with van der Waals surface area (Å²) in [4.78, 5) is 0. The highest BCUT2D eigenvalue weighted by Gasteiger charge is 2.12. The van der Waals surface area contributed by atoms with Gasteiger partial charge in [-0.3, -0.25) is 0 Å². The first-order chi connectivity index (χ1) is 10.2. The van der Waals surface area contributed by atoms with Crippen molar-refractivity contribution in [2.75, 3.05) is 21.3 Å². The zero-order chi connectivity index (χ0) is 15.2. The minimum absolute atomic E-state index is 0. The molecule has 0 radical (unpaired) electrons. The van der Waals surface area contributed by atoms with Crippen LogP contribution in [0.3, 0.4) is 0 Å². The molecule has 7 heteroatoms. The highest BCUT2D eigenvalue weighted by atomic mass is 79.9. The molecule has 122 valence electrons. The van der Waals surface area contributed by atoms with Crippen molar-refractivity contribution >= 4 is 39.7 Å². The van der Waals surface area contributed by atoms with Gasteiger partial charge in [-0.1, -0.05) is 0 Å². The molecule has 0 fully saturated rings. The second-order valence-corrected chi connectivity index (χ2v) is 6.69. The molecule has 1 heterocycles. The first kappa shape index (κ1) is 19.1. The molecule has 4 nitrogen and oxygen atoms in total. The van der Waals surface area contributed by atoms with Crippen LogP contribution in [0.1, 0.15) is 11.1 Å². The van der Waals surface area contributed by atoms with Crippen molar-refractivity contribution in [2.24, 2.45) is 0 Å². The molecule has 2 rings (SSSR count). The van der Waals surface area contributed by atoms with E-state index in [-0.39, 0.29) is 12.4 Å². The van der Waals surface area contributed by atoms with E-state index in [2.05, 4.69) is 32.7 Å². The van der Waals surface area contributed by atoms with Crippen molar-refractivity contribution in [1.82, 2.24) is 5.32 Å². The molecule has 0 saturated carbocycles. The van der Waals surface area contributed by atoms with Crippen LogP contribution >= 0.6 is 39.7 Å². The Morgan fingerprint density at radius 2 is 1.55 bits per heavy atom. The van der Waals surface area contributed by atoms with Crippen molar-refractivity contribution < 1.29 is 14.2 Å². The number of hydrogen-bond acceptors (Lipinski definition) is 5. The molecule has 2 aromatic rings. The van der Waals surface area contributed by atoms with Gasteiger partial charge in [0.1, 0.15) is 0 Å². The lowest BCUT2D eigenvalue weighted by molar-refractivity contribution is 0.323. The largest absolute Gasteiger partial charge is 0.493 e. The summed E-state index contributed by atoms with van der Waals surface area (Å²) in [6, 6.07) is 6.03. The number of nitrogens with one attached hydrogen (secondary N) is 1. The highest BCUT2D eigenvalue weighted by molar-refractivity contribution is 9.11. The number of ether oxygens (including phenoxy) is 3. The Hall–Kier alpha value is -0.950. The van der Waals surface area contributed by atoms with E-state index in [1.165, 1.54) is 5.56 Å². The Morgan fingerprint density at radius 1 is 0.955 bits per heavy atom. The molecular weight excluding hydrogens is 390 g/mol. The maximum absolute atomic E-state index is 5.35. The third kappa shape index (κ3) is 4.78. The molecule has 1 aromatic heterocycles. The van der Waals surface area contributed by atoms with E-state index in [0.717, 1.165) is 22.4 Å². The summed E-state index contributed by atoms with van der Waals surface area (Å²) in [7, 11) is 4.85. The maximum Gasteiger partial charge on any atom is 0.203 e. The van der Waals surface area contributed by atoms with Crippen LogP contribution in [0, 0.1) is 0 Å². The van der Waals surface area contributed by atoms with Gasteiger partial charge < -0.3 is 19.5 Å². The fraction of sp³-hybridized carbons (Fsp3) is 0.333. The Bertz CT molecular complexity index is 581. The Kier molecular flexibility index (Phi) is 8.03. The Balaban J connectivity index is 0.00000242. The van der Waals surface area contributed by atoms with E-state index < -0.39 is 0 Å². The minimum Gasteiger partial charge on any atom is -0.493 e. The minimum atomic E-state index is 0. The van der Waals surface area contributed by atoms with Crippen LogP contribution in [0.4, 0.5) is 0 Å². The van der Waals surface area contributed by atoms with E-state index in [1.54, 1.807) is 32.7 Å². The number of rotatable bonds is 7. The summed E-state index contributed by atoms with van der Waals surface area (Å²) in [5.74, 6) is 1.96. The van der Waals surface area contributed by atoms with Crippen LogP contribution in [0.5, 0.6) is 17.2 Å². The molecule has 0 spiro atoms. The van der Waals surface area contributed by atoms with Crippen molar-refractivity contribution in [3.05, 3.63) is 38.5 Å². The fourth-order valence-electron chi connectivity index (χ4n) is 2.03. The molecule has 0 amide bonds. The van der Waals surface area contributed by atoms with Gasteiger partial charge in [0.25, 0.3) is 0 Å². The van der Waals surface area contributed by atoms with Crippen molar-refractivity contribution in [2.45, 2.75) is 13.1 Å². The van der Waals surface area contributed by atoms with E-state index in [0.29, 0.717) is 17.2 Å². The van der Waals surface area contributed by atoms with E-state index in [4.69, 9.17) is 14.2 Å². The van der Waals surface area contributed by atoms with Crippen LogP contribution in [0.2, 0.25) is 0 Å². The molecule has 0 aliphatic heterocycles. The van der Waals surface area contributed by atoms with Crippen LogP contribution < -0.4 is 19.5 Å². The standard InChI is InChI=1S/C15H18BrNO3S.ClH/c1-18-12-4-10(5-13(19-2)15(12)20-3)7-17-8-11-6-14(16)21-9-11;/h4-6,9,17H,7-8H2,1-3H3;1H. The predicted molar refractivity (Wildman–Crippen MR) is 95.9 cm³/mol. The van der Waals surface area contributed by atoms with E-state index >= 15 is 0 Å². The first-order valence-corrected chi connectivity index (χ1v) is 8.07. The topological polar surface area (TPSA) is 39.7 Å². The third-order valence-corrected chi connectivity index (χ3v) is 4.56. The molecule has 0 aliphatic rings. The van der Waals surface area contributed by atoms with Crippen molar-refractivity contribution in [1.29, 1.82) is 0 Å². The van der Waals surface area contributed by atoms with E-state index in [1.807, 2.05) is 12.1 Å². The molecule has 1 N–H and O–H groups in total. The maximum atomic E-state index is 5.35. The summed E-state index contributed by atoms with van der Waals surface area (Å²) < 4.78 is 17.2. The molecular formula is C15H19BrClNO3S. The van der Waals surface area contributed by atoms with Gasteiger partial charge >= 0.3 is 0 Å². The van der Waals surface area contributed by atoms with Crippen LogP contribution in [-0.2, 0) is 13.1 Å². The van der Waals surface area contributed by atoms with Gasteiger partial charge in [0.2, 0.25) is 5.75 Å². The monoisotopic (exact) mass is 407 g/mol. The lowest BCUT2D eigenvalue weighted by Crippen LogP contribution is -2.12. The van der Waals surface area contributed by atoms with Gasteiger partial charge in [0.15, 0.2) is 11.5 Å². The van der Waals surface area contributed by atoms with Crippen LogP contribution in [0.15, 0.2) is 27.4 Å². The summed E-state index contributed by atoms with van der Waals surface area (Å²) in [6.07, 6.45) is 0. The molecule has 0 unspecified atom stereocenters.